The van der Waals surface area contributed by atoms with Crippen LogP contribution in [-0.4, -0.2) is 99.9 Å². The van der Waals surface area contributed by atoms with Crippen LogP contribution in [0, 0.1) is 11.8 Å². The van der Waals surface area contributed by atoms with Gasteiger partial charge in [0.2, 0.25) is 6.41 Å². The Morgan fingerprint density at radius 1 is 0.313 bits per heavy atom. The summed E-state index contributed by atoms with van der Waals surface area (Å²) in [5, 5.41) is 0. The molecule has 0 bridgehead atoms. The van der Waals surface area contributed by atoms with Crippen LogP contribution in [0.2, 0.25) is 0 Å². The molecule has 0 saturated carbocycles. The minimum Gasteiger partial charge on any atom is -0.465 e. The monoisotopic (exact) mass is 954 g/mol. The summed E-state index contributed by atoms with van der Waals surface area (Å²) in [7, 11) is 0. The fourth-order valence-electron chi connectivity index (χ4n) is 7.26. The van der Waals surface area contributed by atoms with Crippen LogP contribution in [-0.2, 0) is 62.0 Å². The maximum atomic E-state index is 12.7. The van der Waals surface area contributed by atoms with Gasteiger partial charge in [-0.2, -0.15) is 0 Å². The van der Waals surface area contributed by atoms with E-state index >= 15 is 0 Å². The third-order valence-corrected chi connectivity index (χ3v) is 11.6. The first-order valence-corrected chi connectivity index (χ1v) is 26.7. The topological polar surface area (TPSA) is 178 Å². The first-order valence-electron chi connectivity index (χ1n) is 26.7. The van der Waals surface area contributed by atoms with Crippen LogP contribution in [0.4, 0.5) is 0 Å². The van der Waals surface area contributed by atoms with Gasteiger partial charge in [-0.15, -0.1) is 0 Å². The van der Waals surface area contributed by atoms with Crippen molar-refractivity contribution in [2.24, 2.45) is 11.8 Å². The first kappa shape index (κ1) is 63.3. The van der Waals surface area contributed by atoms with E-state index in [4.69, 9.17) is 28.4 Å². The van der Waals surface area contributed by atoms with Crippen LogP contribution < -0.4 is 0 Å². The Balaban J connectivity index is 4.87. The number of ether oxygens (including phenoxy) is 6. The summed E-state index contributed by atoms with van der Waals surface area (Å²) in [5.74, 6) is -3.33. The van der Waals surface area contributed by atoms with Crippen LogP contribution in [0.15, 0.2) is 0 Å². The third kappa shape index (κ3) is 43.3. The zero-order chi connectivity index (χ0) is 49.4. The molecule has 0 radical (unpaired) electrons. The van der Waals surface area contributed by atoms with Crippen LogP contribution >= 0.6 is 0 Å². The van der Waals surface area contributed by atoms with E-state index in [0.29, 0.717) is 44.9 Å². The Kier molecular flexibility index (Phi) is 44.7. The highest BCUT2D eigenvalue weighted by Crippen LogP contribution is 2.14. The predicted molar refractivity (Wildman–Crippen MR) is 261 cm³/mol. The molecule has 0 aromatic heterocycles. The molecule has 1 amide bonds. The van der Waals surface area contributed by atoms with Gasteiger partial charge in [-0.1, -0.05) is 156 Å². The summed E-state index contributed by atoms with van der Waals surface area (Å²) in [4.78, 5) is 88.5. The van der Waals surface area contributed by atoms with Crippen molar-refractivity contribution >= 4 is 42.2 Å². The summed E-state index contributed by atoms with van der Waals surface area (Å²) in [6, 6.07) is 0. The number of carbonyl (C=O) groups is 7. The van der Waals surface area contributed by atoms with Gasteiger partial charge in [0.25, 0.3) is 0 Å². The number of hydrogen-bond acceptors (Lipinski definition) is 13. The van der Waals surface area contributed by atoms with E-state index in [1.54, 1.807) is 0 Å². The van der Waals surface area contributed by atoms with E-state index in [1.165, 1.54) is 30.6 Å². The lowest BCUT2D eigenvalue weighted by Crippen LogP contribution is -2.28. The normalized spacial score (nSPS) is 11.1. The molecule has 390 valence electrons. The van der Waals surface area contributed by atoms with Crippen molar-refractivity contribution in [1.29, 1.82) is 0 Å². The molecule has 0 spiro atoms. The molecule has 14 nitrogen and oxygen atoms in total. The van der Waals surface area contributed by atoms with Gasteiger partial charge in [-0.3, -0.25) is 33.6 Å². The second-order valence-electron chi connectivity index (χ2n) is 18.2. The quantitative estimate of drug-likeness (QED) is 0.0244. The molecule has 67 heavy (non-hydrogen) atoms. The summed E-state index contributed by atoms with van der Waals surface area (Å²) in [6.45, 7) is 8.85. The molecule has 0 fully saturated rings. The lowest BCUT2D eigenvalue weighted by Gasteiger charge is -2.19. The molecule has 0 aromatic rings. The second-order valence-corrected chi connectivity index (χ2v) is 18.2. The van der Waals surface area contributed by atoms with Gasteiger partial charge < -0.3 is 33.3 Å². The summed E-state index contributed by atoms with van der Waals surface area (Å²) >= 11 is 0. The Morgan fingerprint density at radius 2 is 0.507 bits per heavy atom. The summed E-state index contributed by atoms with van der Waals surface area (Å²) in [6.07, 6.45) is 27.7. The first-order chi connectivity index (χ1) is 32.6. The molecule has 0 rings (SSSR count). The lowest BCUT2D eigenvalue weighted by molar-refractivity contribution is -0.156. The smallest absolute Gasteiger partial charge is 0.305 e. The fraction of sp³-hybridized carbons (Fsp3) is 0.868. The highest BCUT2D eigenvalue weighted by molar-refractivity contribution is 5.71. The Labute approximate surface area is 405 Å². The van der Waals surface area contributed by atoms with Crippen molar-refractivity contribution < 1.29 is 62.0 Å². The second kappa shape index (κ2) is 47.4. The Bertz CT molecular complexity index is 1110. The minimum atomic E-state index is -0.512. The molecule has 0 aliphatic carbocycles. The Morgan fingerprint density at radius 3 is 0.716 bits per heavy atom. The number of unbranched alkanes of at least 4 members (excludes halogenated alkanes) is 20. The van der Waals surface area contributed by atoms with Crippen LogP contribution in [0.25, 0.3) is 0 Å². The summed E-state index contributed by atoms with van der Waals surface area (Å²) < 4.78 is 33.0. The number of nitrogens with zero attached hydrogens (tertiary/aromatic N) is 1. The molecular formula is C53H95NO13. The number of hydrogen-bond donors (Lipinski definition) is 0. The van der Waals surface area contributed by atoms with E-state index in [9.17, 15) is 33.6 Å². The molecule has 0 aliphatic heterocycles. The molecule has 0 N–H and O–H groups in total. The Hall–Kier alpha value is -3.71. The average Bonchev–Trinajstić information content (AvgIpc) is 3.32. The maximum Gasteiger partial charge on any atom is 0.305 e. The number of esters is 6. The molecule has 0 heterocycles. The van der Waals surface area contributed by atoms with Crippen molar-refractivity contribution in [1.82, 2.24) is 4.90 Å². The lowest BCUT2D eigenvalue weighted by atomic mass is 10.1. The van der Waals surface area contributed by atoms with Gasteiger partial charge in [0.15, 0.2) is 0 Å². The van der Waals surface area contributed by atoms with Crippen molar-refractivity contribution in [3.8, 4) is 0 Å². The van der Waals surface area contributed by atoms with E-state index in [2.05, 4.69) is 27.7 Å². The molecule has 0 unspecified atom stereocenters. The maximum absolute atomic E-state index is 12.7. The molecular weight excluding hydrogens is 859 g/mol. The SMILES string of the molecule is CCCCCCCCC(=O)OCC(COC(=O)CCCCCCCC)COC(=O)CCCN(C=O)CCCC(=O)OCC(COC(=O)CCCCCCCC)COC(=O)CCCCCCCC. The van der Waals surface area contributed by atoms with Gasteiger partial charge in [0.1, 0.15) is 39.6 Å². The number of rotatable bonds is 49. The van der Waals surface area contributed by atoms with E-state index in [-0.39, 0.29) is 89.4 Å². The molecule has 14 heteroatoms. The average molecular weight is 954 g/mol. The number of amides is 1. The highest BCUT2D eigenvalue weighted by Gasteiger charge is 2.20. The van der Waals surface area contributed by atoms with Crippen LogP contribution in [0.1, 0.15) is 233 Å². The van der Waals surface area contributed by atoms with Crippen LogP contribution in [0.3, 0.4) is 0 Å². The van der Waals surface area contributed by atoms with Crippen molar-refractivity contribution in [3.05, 3.63) is 0 Å². The van der Waals surface area contributed by atoms with Gasteiger partial charge in [0, 0.05) is 51.6 Å². The van der Waals surface area contributed by atoms with Crippen molar-refractivity contribution in [3.63, 3.8) is 0 Å². The highest BCUT2D eigenvalue weighted by atomic mass is 16.6. The largest absolute Gasteiger partial charge is 0.465 e. The van der Waals surface area contributed by atoms with Gasteiger partial charge in [-0.25, -0.2) is 0 Å². The van der Waals surface area contributed by atoms with Crippen molar-refractivity contribution in [2.75, 3.05) is 52.7 Å². The van der Waals surface area contributed by atoms with Crippen LogP contribution in [0.5, 0.6) is 0 Å². The third-order valence-electron chi connectivity index (χ3n) is 11.6. The zero-order valence-electron chi connectivity index (χ0n) is 42.8. The molecule has 0 aromatic carbocycles. The summed E-state index contributed by atoms with van der Waals surface area (Å²) in [5.41, 5.74) is 0. The van der Waals surface area contributed by atoms with E-state index in [1.807, 2.05) is 0 Å². The van der Waals surface area contributed by atoms with Gasteiger partial charge in [0.05, 0.1) is 11.8 Å². The molecule has 0 atom stereocenters. The minimum absolute atomic E-state index is 0.0309. The number of carbonyl (C=O) groups excluding carboxylic acids is 7. The van der Waals surface area contributed by atoms with Crippen molar-refractivity contribution in [2.45, 2.75) is 233 Å². The van der Waals surface area contributed by atoms with Gasteiger partial charge >= 0.3 is 35.8 Å². The van der Waals surface area contributed by atoms with E-state index < -0.39 is 23.8 Å². The zero-order valence-corrected chi connectivity index (χ0v) is 42.8. The predicted octanol–water partition coefficient (Wildman–Crippen LogP) is 11.5. The van der Waals surface area contributed by atoms with Gasteiger partial charge in [-0.05, 0) is 38.5 Å². The molecule has 0 aliphatic rings. The van der Waals surface area contributed by atoms with E-state index in [0.717, 1.165) is 128 Å². The molecule has 0 saturated heterocycles. The fourth-order valence-corrected chi connectivity index (χ4v) is 7.26. The standard InChI is InChI=1S/C53H95NO13/c1-5-9-13-17-21-25-31-48(56)62-39-46(40-63-49(57)32-26-22-18-14-10-6-2)43-66-52(60)35-29-37-54(45-55)38-30-36-53(61)67-44-47(41-64-50(58)33-27-23-19-15-11-7-3)42-65-51(59)34-28-24-20-16-12-8-4/h45-47H,5-44H2,1-4H3.